The fraction of sp³-hybridized carbons (Fsp3) is 0.533. The van der Waals surface area contributed by atoms with Crippen LogP contribution in [0.25, 0.3) is 0 Å². The van der Waals surface area contributed by atoms with Crippen LogP contribution in [0.4, 0.5) is 0 Å². The monoisotopic (exact) mass is 341 g/mol. The number of hydrogen-bond donors (Lipinski definition) is 2. The number of hydrogen-bond acceptors (Lipinski definition) is 2. The number of carbonyl (C=O) groups excluding carboxylic acids is 1. The summed E-state index contributed by atoms with van der Waals surface area (Å²) in [6, 6.07) is 8.08. The first-order valence-corrected chi connectivity index (χ1v) is 7.98. The van der Waals surface area contributed by atoms with Crippen molar-refractivity contribution in [3.63, 3.8) is 0 Å². The summed E-state index contributed by atoms with van der Waals surface area (Å²) in [5.74, 6) is 0.656. The third kappa shape index (κ3) is 4.49. The summed E-state index contributed by atoms with van der Waals surface area (Å²) in [4.78, 5) is 13.4. The van der Waals surface area contributed by atoms with Gasteiger partial charge in [-0.05, 0) is 25.1 Å². The van der Waals surface area contributed by atoms with Gasteiger partial charge in [0.25, 0.3) is 5.91 Å². The zero-order chi connectivity index (χ0) is 14.4. The minimum Gasteiger partial charge on any atom is -0.484 e. The van der Waals surface area contributed by atoms with Gasteiger partial charge in [-0.1, -0.05) is 22.0 Å². The predicted molar refractivity (Wildman–Crippen MR) is 82.0 cm³/mol. The smallest absolute Gasteiger partial charge is 0.258 e. The molecule has 110 valence electrons. The van der Waals surface area contributed by atoms with E-state index in [4.69, 9.17) is 4.74 Å². The second-order valence-corrected chi connectivity index (χ2v) is 6.07. The van der Waals surface area contributed by atoms with Gasteiger partial charge in [0, 0.05) is 17.3 Å². The molecule has 0 aliphatic carbocycles. The maximum Gasteiger partial charge on any atom is 0.258 e. The first-order chi connectivity index (χ1) is 9.69. The van der Waals surface area contributed by atoms with Crippen LogP contribution in [0.15, 0.2) is 28.7 Å². The van der Waals surface area contributed by atoms with Crippen LogP contribution in [0.1, 0.15) is 19.8 Å². The number of halogens is 1. The predicted octanol–water partition coefficient (Wildman–Crippen LogP) is 1.01. The Balaban J connectivity index is 1.70. The number of rotatable bonds is 6. The summed E-state index contributed by atoms with van der Waals surface area (Å²) in [6.45, 7) is 5.39. The molecule has 5 heteroatoms. The van der Waals surface area contributed by atoms with Gasteiger partial charge in [0.15, 0.2) is 6.61 Å². The van der Waals surface area contributed by atoms with Crippen LogP contribution in [0.2, 0.25) is 0 Å². The molecule has 1 fully saturated rings. The normalized spacial score (nSPS) is 21.7. The summed E-state index contributed by atoms with van der Waals surface area (Å²) < 4.78 is 6.42. The number of likely N-dealkylation sites (tertiary alicyclic amines) is 1. The molecular formula is C15H22BrN2O2+. The molecule has 1 heterocycles. The van der Waals surface area contributed by atoms with Crippen LogP contribution in [0.3, 0.4) is 0 Å². The van der Waals surface area contributed by atoms with Gasteiger partial charge in [0.05, 0.1) is 19.6 Å². The van der Waals surface area contributed by atoms with E-state index in [2.05, 4.69) is 28.2 Å². The number of nitrogens with one attached hydrogen (secondary N) is 2. The third-order valence-electron chi connectivity index (χ3n) is 3.79. The van der Waals surface area contributed by atoms with Crippen molar-refractivity contribution in [3.8, 4) is 5.75 Å². The molecule has 20 heavy (non-hydrogen) atoms. The van der Waals surface area contributed by atoms with Gasteiger partial charge in [0.1, 0.15) is 11.8 Å². The lowest BCUT2D eigenvalue weighted by molar-refractivity contribution is -0.909. The lowest BCUT2D eigenvalue weighted by atomic mass is 10.2. The number of benzene rings is 1. The van der Waals surface area contributed by atoms with Crippen molar-refractivity contribution in [1.82, 2.24) is 5.32 Å². The van der Waals surface area contributed by atoms with E-state index < -0.39 is 0 Å². The zero-order valence-corrected chi connectivity index (χ0v) is 13.4. The zero-order valence-electron chi connectivity index (χ0n) is 11.8. The van der Waals surface area contributed by atoms with Crippen molar-refractivity contribution in [3.05, 3.63) is 28.7 Å². The van der Waals surface area contributed by atoms with Crippen molar-refractivity contribution < 1.29 is 14.4 Å². The van der Waals surface area contributed by atoms with E-state index in [1.165, 1.54) is 19.4 Å². The van der Waals surface area contributed by atoms with Crippen LogP contribution in [0.5, 0.6) is 5.75 Å². The molecule has 4 nitrogen and oxygen atoms in total. The van der Waals surface area contributed by atoms with Gasteiger partial charge in [-0.3, -0.25) is 4.79 Å². The molecule has 2 atom stereocenters. The maximum absolute atomic E-state index is 11.8. The lowest BCUT2D eigenvalue weighted by Crippen LogP contribution is -3.14. The van der Waals surface area contributed by atoms with Crippen LogP contribution < -0.4 is 15.0 Å². The van der Waals surface area contributed by atoms with Crippen LogP contribution >= 0.6 is 15.9 Å². The van der Waals surface area contributed by atoms with Crippen molar-refractivity contribution in [2.45, 2.75) is 25.8 Å². The molecule has 0 saturated carbocycles. The van der Waals surface area contributed by atoms with Gasteiger partial charge >= 0.3 is 0 Å². The van der Waals surface area contributed by atoms with E-state index in [0.717, 1.165) is 17.6 Å². The van der Waals surface area contributed by atoms with Gasteiger partial charge in [-0.2, -0.15) is 0 Å². The van der Waals surface area contributed by atoms with Gasteiger partial charge in [0.2, 0.25) is 0 Å². The van der Waals surface area contributed by atoms with E-state index in [-0.39, 0.29) is 12.5 Å². The number of ether oxygens (including phenoxy) is 1. The molecule has 1 unspecified atom stereocenters. The van der Waals surface area contributed by atoms with Crippen LogP contribution in [-0.2, 0) is 4.79 Å². The van der Waals surface area contributed by atoms with E-state index in [9.17, 15) is 4.79 Å². The molecule has 0 aromatic heterocycles. The Morgan fingerprint density at radius 1 is 1.55 bits per heavy atom. The Bertz CT molecular complexity index is 453. The molecule has 2 N–H and O–H groups in total. The Labute approximate surface area is 128 Å². The summed E-state index contributed by atoms with van der Waals surface area (Å²) in [6.07, 6.45) is 2.47. The average Bonchev–Trinajstić information content (AvgIpc) is 2.90. The quantitative estimate of drug-likeness (QED) is 0.811. The first-order valence-electron chi connectivity index (χ1n) is 7.18. The summed E-state index contributed by atoms with van der Waals surface area (Å²) >= 11 is 3.38. The van der Waals surface area contributed by atoms with Crippen molar-refractivity contribution in [1.29, 1.82) is 0 Å². The molecule has 0 radical (unpaired) electrons. The molecule has 1 saturated heterocycles. The highest BCUT2D eigenvalue weighted by Crippen LogP contribution is 2.17. The van der Waals surface area contributed by atoms with Crippen molar-refractivity contribution >= 4 is 21.8 Å². The topological polar surface area (TPSA) is 42.8 Å². The highest BCUT2D eigenvalue weighted by molar-refractivity contribution is 9.10. The summed E-state index contributed by atoms with van der Waals surface area (Å²) in [5, 5.41) is 2.98. The molecule has 0 spiro atoms. The Morgan fingerprint density at radius 2 is 2.40 bits per heavy atom. The van der Waals surface area contributed by atoms with E-state index >= 15 is 0 Å². The fourth-order valence-corrected chi connectivity index (χ4v) is 3.07. The molecule has 1 amide bonds. The Kier molecular flexibility index (Phi) is 5.86. The van der Waals surface area contributed by atoms with Gasteiger partial charge in [-0.25, -0.2) is 0 Å². The van der Waals surface area contributed by atoms with E-state index in [0.29, 0.717) is 11.8 Å². The minimum absolute atomic E-state index is 0.0488. The van der Waals surface area contributed by atoms with Gasteiger partial charge in [-0.15, -0.1) is 0 Å². The molecule has 0 bridgehead atoms. The second-order valence-electron chi connectivity index (χ2n) is 5.15. The summed E-state index contributed by atoms with van der Waals surface area (Å²) in [5.41, 5.74) is 0. The standard InChI is InChI=1S/C15H21BrN2O2/c1-2-18-8-4-6-13(18)10-17-15(19)11-20-14-7-3-5-12(16)9-14/h3,5,7,9,13H,2,4,6,8,10-11H2,1H3,(H,17,19)/p+1/t13-/m0/s1. The average molecular weight is 342 g/mol. The SMILES string of the molecule is CC[NH+]1CCC[C@H]1CNC(=O)COc1cccc(Br)c1. The van der Waals surface area contributed by atoms with E-state index in [1.54, 1.807) is 4.90 Å². The van der Waals surface area contributed by atoms with Crippen LogP contribution in [-0.4, -0.2) is 38.2 Å². The highest BCUT2D eigenvalue weighted by atomic mass is 79.9. The molecule has 1 aliphatic heterocycles. The highest BCUT2D eigenvalue weighted by Gasteiger charge is 2.26. The Hall–Kier alpha value is -1.07. The Morgan fingerprint density at radius 3 is 3.15 bits per heavy atom. The number of carbonyl (C=O) groups is 1. The summed E-state index contributed by atoms with van der Waals surface area (Å²) in [7, 11) is 0. The molecule has 1 aromatic rings. The first kappa shape index (κ1) is 15.3. The maximum atomic E-state index is 11.8. The number of quaternary nitrogens is 1. The molecule has 1 aliphatic rings. The lowest BCUT2D eigenvalue weighted by Gasteiger charge is -2.20. The number of amides is 1. The van der Waals surface area contributed by atoms with Crippen molar-refractivity contribution in [2.24, 2.45) is 0 Å². The minimum atomic E-state index is -0.0488. The fourth-order valence-electron chi connectivity index (χ4n) is 2.69. The second kappa shape index (κ2) is 7.64. The number of likely N-dealkylation sites (N-methyl/N-ethyl adjacent to an activating group) is 1. The third-order valence-corrected chi connectivity index (χ3v) is 4.29. The molecule has 1 aromatic carbocycles. The van der Waals surface area contributed by atoms with Crippen LogP contribution in [0, 0.1) is 0 Å². The van der Waals surface area contributed by atoms with Gasteiger partial charge < -0.3 is 15.0 Å². The largest absolute Gasteiger partial charge is 0.484 e. The molecule has 2 rings (SSSR count). The van der Waals surface area contributed by atoms with E-state index in [1.807, 2.05) is 24.3 Å². The molecular weight excluding hydrogens is 320 g/mol. The van der Waals surface area contributed by atoms with Crippen molar-refractivity contribution in [2.75, 3.05) is 26.2 Å².